The van der Waals surface area contributed by atoms with Crippen molar-refractivity contribution in [1.82, 2.24) is 19.8 Å². The first kappa shape index (κ1) is 17.6. The van der Waals surface area contributed by atoms with E-state index in [1.165, 1.54) is 23.7 Å². The molecule has 0 bridgehead atoms. The Kier molecular flexibility index (Phi) is 5.48. The van der Waals surface area contributed by atoms with Gasteiger partial charge in [0, 0.05) is 12.6 Å². The number of piperidine rings is 1. The summed E-state index contributed by atoms with van der Waals surface area (Å²) in [6, 6.07) is 7.48. The summed E-state index contributed by atoms with van der Waals surface area (Å²) >= 11 is 0. The topological polar surface area (TPSA) is 67.2 Å². The molecule has 1 aromatic carbocycles. The number of para-hydroxylation sites is 1. The second-order valence-corrected chi connectivity index (χ2v) is 7.07. The predicted octanol–water partition coefficient (Wildman–Crippen LogP) is 1.63. The highest BCUT2D eigenvalue weighted by atomic mass is 16.2. The zero-order chi connectivity index (χ0) is 17.8. The molecule has 25 heavy (non-hydrogen) atoms. The largest absolute Gasteiger partial charge is 0.353 e. The second-order valence-electron chi connectivity index (χ2n) is 7.07. The summed E-state index contributed by atoms with van der Waals surface area (Å²) in [6.07, 6.45) is 3.88. The summed E-state index contributed by atoms with van der Waals surface area (Å²) in [5.74, 6) is 0.640. The number of carbonyl (C=O) groups excluding carboxylic acids is 1. The number of nitrogens with one attached hydrogen (secondary N) is 1. The normalized spacial score (nSPS) is 17.5. The van der Waals surface area contributed by atoms with Crippen LogP contribution in [0.15, 0.2) is 35.4 Å². The Balaban J connectivity index is 1.56. The third kappa shape index (κ3) is 4.25. The van der Waals surface area contributed by atoms with Gasteiger partial charge in [0.25, 0.3) is 5.56 Å². The van der Waals surface area contributed by atoms with Crippen molar-refractivity contribution in [3.63, 3.8) is 0 Å². The molecule has 134 valence electrons. The molecule has 0 radical (unpaired) electrons. The van der Waals surface area contributed by atoms with E-state index in [0.29, 0.717) is 23.5 Å². The van der Waals surface area contributed by atoms with E-state index in [0.717, 1.165) is 19.0 Å². The maximum absolute atomic E-state index is 12.4. The lowest BCUT2D eigenvalue weighted by Crippen LogP contribution is -2.46. The smallest absolute Gasteiger partial charge is 0.261 e. The number of nitrogens with zero attached hydrogens (tertiary/aromatic N) is 3. The molecule has 6 nitrogen and oxygen atoms in total. The third-order valence-electron chi connectivity index (χ3n) is 5.08. The Morgan fingerprint density at radius 3 is 2.80 bits per heavy atom. The van der Waals surface area contributed by atoms with Crippen molar-refractivity contribution in [2.24, 2.45) is 5.92 Å². The molecule has 6 heteroatoms. The van der Waals surface area contributed by atoms with Gasteiger partial charge in [-0.2, -0.15) is 0 Å². The molecule has 2 aromatic rings. The number of amides is 1. The molecular weight excluding hydrogens is 316 g/mol. The van der Waals surface area contributed by atoms with Crippen molar-refractivity contribution in [2.75, 3.05) is 19.6 Å². The molecule has 1 atom stereocenters. The number of aromatic nitrogens is 2. The van der Waals surface area contributed by atoms with Gasteiger partial charge in [0.2, 0.25) is 5.91 Å². The molecule has 0 aliphatic carbocycles. The molecule has 1 fully saturated rings. The van der Waals surface area contributed by atoms with Crippen LogP contribution in [-0.2, 0) is 11.3 Å². The SMILES string of the molecule is CC1CCN(C(C)CNC(=O)Cn2cnc3ccccc3c2=O)CC1. The Hall–Kier alpha value is -2.21. The van der Waals surface area contributed by atoms with Gasteiger partial charge in [-0.1, -0.05) is 19.1 Å². The van der Waals surface area contributed by atoms with Crippen LogP contribution in [0.1, 0.15) is 26.7 Å². The highest BCUT2D eigenvalue weighted by Crippen LogP contribution is 2.17. The van der Waals surface area contributed by atoms with Crippen molar-refractivity contribution in [3.8, 4) is 0 Å². The Labute approximate surface area is 147 Å². The first-order valence-electron chi connectivity index (χ1n) is 8.99. The van der Waals surface area contributed by atoms with Crippen LogP contribution in [0.2, 0.25) is 0 Å². The maximum atomic E-state index is 12.4. The molecule has 1 N–H and O–H groups in total. The molecular formula is C19H26N4O2. The molecule has 3 rings (SSSR count). The molecule has 0 saturated carbocycles. The second kappa shape index (κ2) is 7.78. The minimum atomic E-state index is -0.182. The Morgan fingerprint density at radius 1 is 1.32 bits per heavy atom. The first-order chi connectivity index (χ1) is 12.0. The fraction of sp³-hybridized carbons (Fsp3) is 0.526. The van der Waals surface area contributed by atoms with Crippen LogP contribution in [0.4, 0.5) is 0 Å². The number of benzene rings is 1. The summed E-state index contributed by atoms with van der Waals surface area (Å²) < 4.78 is 1.37. The number of carbonyl (C=O) groups is 1. The average Bonchev–Trinajstić information content (AvgIpc) is 2.63. The van der Waals surface area contributed by atoms with E-state index in [-0.39, 0.29) is 18.0 Å². The van der Waals surface area contributed by atoms with Crippen molar-refractivity contribution < 1.29 is 4.79 Å². The molecule has 0 spiro atoms. The van der Waals surface area contributed by atoms with Gasteiger partial charge in [-0.05, 0) is 50.9 Å². The van der Waals surface area contributed by atoms with Gasteiger partial charge >= 0.3 is 0 Å². The number of hydrogen-bond acceptors (Lipinski definition) is 4. The Morgan fingerprint density at radius 2 is 2.04 bits per heavy atom. The van der Waals surface area contributed by atoms with Gasteiger partial charge < -0.3 is 5.32 Å². The summed E-state index contributed by atoms with van der Waals surface area (Å²) in [6.45, 7) is 7.21. The van der Waals surface area contributed by atoms with E-state index in [1.807, 2.05) is 6.07 Å². The predicted molar refractivity (Wildman–Crippen MR) is 98.4 cm³/mol. The van der Waals surface area contributed by atoms with Crippen LogP contribution in [0.25, 0.3) is 10.9 Å². The van der Waals surface area contributed by atoms with E-state index in [2.05, 4.69) is 29.0 Å². The van der Waals surface area contributed by atoms with Crippen LogP contribution in [0.3, 0.4) is 0 Å². The lowest BCUT2D eigenvalue weighted by molar-refractivity contribution is -0.122. The van der Waals surface area contributed by atoms with E-state index < -0.39 is 0 Å². The molecule has 1 aliphatic heterocycles. The number of likely N-dealkylation sites (tertiary alicyclic amines) is 1. The van der Waals surface area contributed by atoms with Crippen LogP contribution >= 0.6 is 0 Å². The minimum Gasteiger partial charge on any atom is -0.353 e. The maximum Gasteiger partial charge on any atom is 0.261 e. The number of rotatable bonds is 5. The average molecular weight is 342 g/mol. The van der Waals surface area contributed by atoms with E-state index in [9.17, 15) is 9.59 Å². The highest BCUT2D eigenvalue weighted by Gasteiger charge is 2.20. The fourth-order valence-corrected chi connectivity index (χ4v) is 3.29. The number of fused-ring (bicyclic) bond motifs is 1. The molecule has 1 aromatic heterocycles. The Bertz CT molecular complexity index is 793. The summed E-state index contributed by atoms with van der Waals surface area (Å²) in [4.78, 5) is 31.3. The van der Waals surface area contributed by atoms with Gasteiger partial charge in [-0.3, -0.25) is 19.1 Å². The summed E-state index contributed by atoms with van der Waals surface area (Å²) in [5, 5.41) is 3.48. The highest BCUT2D eigenvalue weighted by molar-refractivity contribution is 5.78. The lowest BCUT2D eigenvalue weighted by Gasteiger charge is -2.35. The fourth-order valence-electron chi connectivity index (χ4n) is 3.29. The molecule has 1 saturated heterocycles. The van der Waals surface area contributed by atoms with Crippen molar-refractivity contribution >= 4 is 16.8 Å². The van der Waals surface area contributed by atoms with Gasteiger partial charge in [0.15, 0.2) is 0 Å². The molecule has 1 aliphatic rings. The van der Waals surface area contributed by atoms with Gasteiger partial charge in [-0.25, -0.2) is 4.98 Å². The lowest BCUT2D eigenvalue weighted by atomic mass is 9.98. The van der Waals surface area contributed by atoms with Gasteiger partial charge in [-0.15, -0.1) is 0 Å². The van der Waals surface area contributed by atoms with Crippen LogP contribution < -0.4 is 10.9 Å². The minimum absolute atomic E-state index is 0.000418. The standard InChI is InChI=1S/C19H26N4O2/c1-14-7-9-22(10-8-14)15(2)11-20-18(24)12-23-13-21-17-6-4-3-5-16(17)19(23)25/h3-6,13-15H,7-12H2,1-2H3,(H,20,24). The van der Waals surface area contributed by atoms with Crippen molar-refractivity contribution in [2.45, 2.75) is 39.3 Å². The molecule has 2 heterocycles. The molecule has 1 amide bonds. The third-order valence-corrected chi connectivity index (χ3v) is 5.08. The zero-order valence-electron chi connectivity index (χ0n) is 14.9. The van der Waals surface area contributed by atoms with Gasteiger partial charge in [0.05, 0.1) is 17.2 Å². The van der Waals surface area contributed by atoms with Crippen LogP contribution in [0.5, 0.6) is 0 Å². The van der Waals surface area contributed by atoms with E-state index in [1.54, 1.807) is 18.2 Å². The first-order valence-corrected chi connectivity index (χ1v) is 8.99. The van der Waals surface area contributed by atoms with Gasteiger partial charge in [0.1, 0.15) is 6.54 Å². The summed E-state index contributed by atoms with van der Waals surface area (Å²) in [5.41, 5.74) is 0.468. The van der Waals surface area contributed by atoms with Crippen molar-refractivity contribution in [3.05, 3.63) is 40.9 Å². The van der Waals surface area contributed by atoms with Crippen LogP contribution in [0, 0.1) is 5.92 Å². The monoisotopic (exact) mass is 342 g/mol. The van der Waals surface area contributed by atoms with E-state index in [4.69, 9.17) is 0 Å². The number of hydrogen-bond donors (Lipinski definition) is 1. The zero-order valence-corrected chi connectivity index (χ0v) is 14.9. The van der Waals surface area contributed by atoms with E-state index >= 15 is 0 Å². The van der Waals surface area contributed by atoms with Crippen molar-refractivity contribution in [1.29, 1.82) is 0 Å². The summed E-state index contributed by atoms with van der Waals surface area (Å²) in [7, 11) is 0. The van der Waals surface area contributed by atoms with Crippen LogP contribution in [-0.4, -0.2) is 46.0 Å². The molecule has 1 unspecified atom stereocenters. The quantitative estimate of drug-likeness (QED) is 0.897.